The van der Waals surface area contributed by atoms with Gasteiger partial charge in [-0.25, -0.2) is 0 Å². The van der Waals surface area contributed by atoms with E-state index in [-0.39, 0.29) is 12.7 Å². The van der Waals surface area contributed by atoms with E-state index in [2.05, 4.69) is 34.3 Å². The molecule has 1 aromatic heterocycles. The SMILES string of the molecule is O=C(NCCCn1ccc2ccccc21)c1cc(Cl)c2c(c1)OCO2. The summed E-state index contributed by atoms with van der Waals surface area (Å²) in [5, 5.41) is 4.53. The number of aromatic nitrogens is 1. The molecule has 0 spiro atoms. The van der Waals surface area contributed by atoms with Crippen molar-refractivity contribution >= 4 is 28.4 Å². The third-order valence-electron chi connectivity index (χ3n) is 4.23. The van der Waals surface area contributed by atoms with Crippen molar-refractivity contribution in [1.82, 2.24) is 9.88 Å². The second-order valence-corrected chi connectivity index (χ2v) is 6.28. The molecule has 25 heavy (non-hydrogen) atoms. The highest BCUT2D eigenvalue weighted by atomic mass is 35.5. The topological polar surface area (TPSA) is 52.5 Å². The van der Waals surface area contributed by atoms with Crippen LogP contribution in [0, 0.1) is 0 Å². The molecule has 3 aromatic rings. The number of benzene rings is 2. The van der Waals surface area contributed by atoms with Crippen LogP contribution in [-0.4, -0.2) is 23.8 Å². The fourth-order valence-electron chi connectivity index (χ4n) is 2.99. The van der Waals surface area contributed by atoms with Gasteiger partial charge in [0.25, 0.3) is 5.91 Å². The lowest BCUT2D eigenvalue weighted by Gasteiger charge is -2.08. The Hall–Kier alpha value is -2.66. The van der Waals surface area contributed by atoms with Crippen molar-refractivity contribution in [2.24, 2.45) is 0 Å². The highest BCUT2D eigenvalue weighted by Gasteiger charge is 2.20. The van der Waals surface area contributed by atoms with Crippen LogP contribution in [0.2, 0.25) is 5.02 Å². The molecule has 6 heteroatoms. The lowest BCUT2D eigenvalue weighted by atomic mass is 10.2. The van der Waals surface area contributed by atoms with Gasteiger partial charge in [0, 0.05) is 30.4 Å². The van der Waals surface area contributed by atoms with Gasteiger partial charge in [0.05, 0.1) is 5.02 Å². The maximum atomic E-state index is 12.3. The van der Waals surface area contributed by atoms with Crippen LogP contribution in [0.15, 0.2) is 48.7 Å². The molecule has 0 unspecified atom stereocenters. The van der Waals surface area contributed by atoms with E-state index >= 15 is 0 Å². The number of nitrogens with zero attached hydrogens (tertiary/aromatic N) is 1. The number of hydrogen-bond donors (Lipinski definition) is 1. The first-order valence-electron chi connectivity index (χ1n) is 8.13. The number of hydrogen-bond acceptors (Lipinski definition) is 3. The summed E-state index contributed by atoms with van der Waals surface area (Å²) in [6.45, 7) is 1.55. The van der Waals surface area contributed by atoms with E-state index in [0.717, 1.165) is 13.0 Å². The Morgan fingerprint density at radius 1 is 1.20 bits per heavy atom. The number of carbonyl (C=O) groups is 1. The molecule has 0 radical (unpaired) electrons. The lowest BCUT2D eigenvalue weighted by Crippen LogP contribution is -2.25. The average molecular weight is 357 g/mol. The molecule has 0 saturated carbocycles. The molecule has 1 amide bonds. The summed E-state index contributed by atoms with van der Waals surface area (Å²) in [5.74, 6) is 0.840. The summed E-state index contributed by atoms with van der Waals surface area (Å²) in [7, 11) is 0. The van der Waals surface area contributed by atoms with Crippen LogP contribution in [0.5, 0.6) is 11.5 Å². The fourth-order valence-corrected chi connectivity index (χ4v) is 3.25. The molecule has 1 aliphatic heterocycles. The number of rotatable bonds is 5. The number of para-hydroxylation sites is 1. The van der Waals surface area contributed by atoms with Gasteiger partial charge in [-0.05, 0) is 36.1 Å². The smallest absolute Gasteiger partial charge is 0.251 e. The van der Waals surface area contributed by atoms with Crippen molar-refractivity contribution in [2.45, 2.75) is 13.0 Å². The minimum atomic E-state index is -0.169. The quantitative estimate of drug-likeness (QED) is 0.706. The molecule has 0 bridgehead atoms. The molecule has 0 saturated heterocycles. The Morgan fingerprint density at radius 2 is 2.08 bits per heavy atom. The minimum Gasteiger partial charge on any atom is -0.454 e. The first-order chi connectivity index (χ1) is 12.2. The highest BCUT2D eigenvalue weighted by molar-refractivity contribution is 6.32. The summed E-state index contributed by atoms with van der Waals surface area (Å²) < 4.78 is 12.7. The summed E-state index contributed by atoms with van der Waals surface area (Å²) in [6.07, 6.45) is 2.91. The fraction of sp³-hybridized carbons (Fsp3) is 0.211. The van der Waals surface area contributed by atoms with Gasteiger partial charge in [-0.3, -0.25) is 4.79 Å². The molecule has 128 valence electrons. The predicted octanol–water partition coefficient (Wildman–Crippen LogP) is 3.84. The number of halogens is 1. The molecule has 0 atom stereocenters. The van der Waals surface area contributed by atoms with Gasteiger partial charge in [0.15, 0.2) is 11.5 Å². The van der Waals surface area contributed by atoms with E-state index < -0.39 is 0 Å². The Kier molecular flexibility index (Phi) is 4.24. The van der Waals surface area contributed by atoms with E-state index in [0.29, 0.717) is 28.6 Å². The molecule has 1 aliphatic rings. The van der Waals surface area contributed by atoms with Crippen molar-refractivity contribution in [3.05, 3.63) is 59.2 Å². The number of fused-ring (bicyclic) bond motifs is 2. The van der Waals surface area contributed by atoms with Crippen LogP contribution in [0.4, 0.5) is 0 Å². The third kappa shape index (κ3) is 3.15. The molecule has 5 nitrogen and oxygen atoms in total. The van der Waals surface area contributed by atoms with Gasteiger partial charge >= 0.3 is 0 Å². The van der Waals surface area contributed by atoms with Gasteiger partial charge in [0.1, 0.15) is 0 Å². The zero-order valence-electron chi connectivity index (χ0n) is 13.5. The van der Waals surface area contributed by atoms with Crippen LogP contribution < -0.4 is 14.8 Å². The largest absolute Gasteiger partial charge is 0.454 e. The van der Waals surface area contributed by atoms with Crippen molar-refractivity contribution in [3.8, 4) is 11.5 Å². The van der Waals surface area contributed by atoms with Crippen LogP contribution in [0.3, 0.4) is 0 Å². The van der Waals surface area contributed by atoms with E-state index in [1.807, 2.05) is 12.1 Å². The van der Waals surface area contributed by atoms with Gasteiger partial charge in [-0.1, -0.05) is 29.8 Å². The first kappa shape index (κ1) is 15.8. The predicted molar refractivity (Wildman–Crippen MR) is 96.5 cm³/mol. The second-order valence-electron chi connectivity index (χ2n) is 5.87. The Balaban J connectivity index is 1.34. The van der Waals surface area contributed by atoms with Gasteiger partial charge in [-0.2, -0.15) is 0 Å². The van der Waals surface area contributed by atoms with Crippen molar-refractivity contribution in [3.63, 3.8) is 0 Å². The number of aryl methyl sites for hydroxylation is 1. The normalized spacial score (nSPS) is 12.5. The van der Waals surface area contributed by atoms with Crippen molar-refractivity contribution < 1.29 is 14.3 Å². The van der Waals surface area contributed by atoms with Gasteiger partial charge in [-0.15, -0.1) is 0 Å². The van der Waals surface area contributed by atoms with Gasteiger partial charge in [0.2, 0.25) is 6.79 Å². The van der Waals surface area contributed by atoms with Crippen LogP contribution in [0.25, 0.3) is 10.9 Å². The van der Waals surface area contributed by atoms with E-state index in [9.17, 15) is 4.79 Å². The Morgan fingerprint density at radius 3 is 3.00 bits per heavy atom. The van der Waals surface area contributed by atoms with Crippen molar-refractivity contribution in [2.75, 3.05) is 13.3 Å². The standard InChI is InChI=1S/C19H17ClN2O3/c20-15-10-14(11-17-18(15)25-12-24-17)19(23)21-7-3-8-22-9-6-13-4-1-2-5-16(13)22/h1-2,4-6,9-11H,3,7-8,12H2,(H,21,23). The van der Waals surface area contributed by atoms with Crippen LogP contribution in [-0.2, 0) is 6.54 Å². The monoisotopic (exact) mass is 356 g/mol. The zero-order chi connectivity index (χ0) is 17.2. The Bertz CT molecular complexity index is 936. The number of nitrogens with one attached hydrogen (secondary N) is 1. The molecule has 1 N–H and O–H groups in total. The lowest BCUT2D eigenvalue weighted by molar-refractivity contribution is 0.0952. The average Bonchev–Trinajstić information content (AvgIpc) is 3.25. The molecular weight excluding hydrogens is 340 g/mol. The number of ether oxygens (including phenoxy) is 2. The van der Waals surface area contributed by atoms with Crippen molar-refractivity contribution in [1.29, 1.82) is 0 Å². The number of carbonyl (C=O) groups excluding carboxylic acids is 1. The minimum absolute atomic E-state index is 0.130. The second kappa shape index (κ2) is 6.69. The van der Waals surface area contributed by atoms with Crippen LogP contribution >= 0.6 is 11.6 Å². The summed E-state index contributed by atoms with van der Waals surface area (Å²) >= 11 is 6.11. The summed E-state index contributed by atoms with van der Waals surface area (Å²) in [6, 6.07) is 13.6. The summed E-state index contributed by atoms with van der Waals surface area (Å²) in [5.41, 5.74) is 1.68. The molecule has 0 fully saturated rings. The van der Waals surface area contributed by atoms with Gasteiger partial charge < -0.3 is 19.4 Å². The first-order valence-corrected chi connectivity index (χ1v) is 8.51. The Labute approximate surface area is 150 Å². The molecule has 2 heterocycles. The third-order valence-corrected chi connectivity index (χ3v) is 4.51. The number of amides is 1. The molecule has 0 aliphatic carbocycles. The van der Waals surface area contributed by atoms with Crippen LogP contribution in [0.1, 0.15) is 16.8 Å². The van der Waals surface area contributed by atoms with E-state index in [4.69, 9.17) is 21.1 Å². The summed E-state index contributed by atoms with van der Waals surface area (Å²) in [4.78, 5) is 12.3. The zero-order valence-corrected chi connectivity index (χ0v) is 14.3. The molecule has 2 aromatic carbocycles. The maximum absolute atomic E-state index is 12.3. The molecular formula is C19H17ClN2O3. The maximum Gasteiger partial charge on any atom is 0.251 e. The molecule has 4 rings (SSSR count). The van der Waals surface area contributed by atoms with E-state index in [1.165, 1.54) is 10.9 Å². The highest BCUT2D eigenvalue weighted by Crippen LogP contribution is 2.39. The van der Waals surface area contributed by atoms with E-state index in [1.54, 1.807) is 12.1 Å².